The van der Waals surface area contributed by atoms with Crippen LogP contribution < -0.4 is 10.6 Å². The molecule has 0 saturated heterocycles. The fraction of sp³-hybridized carbons (Fsp3) is 0.136. The maximum Gasteiger partial charge on any atom is 0.276 e. The van der Waals surface area contributed by atoms with E-state index in [9.17, 15) is 9.59 Å². The van der Waals surface area contributed by atoms with E-state index in [1.165, 1.54) is 0 Å². The Kier molecular flexibility index (Phi) is 11.6. The number of rotatable bonds is 9. The van der Waals surface area contributed by atoms with E-state index >= 15 is 0 Å². The van der Waals surface area contributed by atoms with Gasteiger partial charge in [-0.2, -0.15) is 10.2 Å². The van der Waals surface area contributed by atoms with Crippen LogP contribution in [0.5, 0.6) is 0 Å². The summed E-state index contributed by atoms with van der Waals surface area (Å²) in [6.45, 7) is 7.39. The molecule has 2 heterocycles. The molecule has 2 aromatic heterocycles. The monoisotopic (exact) mass is 720 g/mol. The van der Waals surface area contributed by atoms with E-state index in [2.05, 4.69) is 36.5 Å². The molecule has 0 fully saturated rings. The summed E-state index contributed by atoms with van der Waals surface area (Å²) < 4.78 is 3.56. The number of benzene rings is 5. The number of nitrogens with zero attached hydrogens (tertiary/aromatic N) is 4. The maximum absolute atomic E-state index is 12.8. The Morgan fingerprint density at radius 1 is 0.660 bits per heavy atom. The molecule has 0 saturated carbocycles. The quantitative estimate of drug-likeness (QED) is 0.155. The van der Waals surface area contributed by atoms with Crippen molar-refractivity contribution in [2.45, 2.75) is 39.3 Å². The molecule has 7 aromatic rings. The van der Waals surface area contributed by atoms with Gasteiger partial charge in [-0.1, -0.05) is 142 Å². The third-order valence-corrected chi connectivity index (χ3v) is 8.62. The first kappa shape index (κ1) is 36.5. The van der Waals surface area contributed by atoms with E-state index in [4.69, 9.17) is 16.7 Å². The van der Waals surface area contributed by atoms with Crippen LogP contribution in [0.4, 0.5) is 5.69 Å². The van der Waals surface area contributed by atoms with Crippen LogP contribution in [0.2, 0.25) is 5.02 Å². The van der Waals surface area contributed by atoms with Crippen molar-refractivity contribution >= 4 is 29.1 Å². The minimum absolute atomic E-state index is 0.104. The van der Waals surface area contributed by atoms with Gasteiger partial charge >= 0.3 is 0 Å². The van der Waals surface area contributed by atoms with Gasteiger partial charge in [0.05, 0.1) is 23.6 Å². The van der Waals surface area contributed by atoms with Crippen LogP contribution in [-0.4, -0.2) is 31.4 Å². The highest BCUT2D eigenvalue weighted by molar-refractivity contribution is 6.30. The highest BCUT2D eigenvalue weighted by atomic mass is 35.5. The lowest BCUT2D eigenvalue weighted by molar-refractivity contribution is 0.0939. The van der Waals surface area contributed by atoms with E-state index in [0.29, 0.717) is 29.5 Å². The van der Waals surface area contributed by atoms with Crippen molar-refractivity contribution in [3.8, 4) is 16.9 Å². The number of carbonyl (C=O) groups is 2. The summed E-state index contributed by atoms with van der Waals surface area (Å²) in [7, 11) is 0. The van der Waals surface area contributed by atoms with Crippen molar-refractivity contribution in [2.24, 2.45) is 0 Å². The van der Waals surface area contributed by atoms with Gasteiger partial charge in [0.15, 0.2) is 5.69 Å². The van der Waals surface area contributed by atoms with Crippen LogP contribution in [0, 0.1) is 0 Å². The fourth-order valence-corrected chi connectivity index (χ4v) is 5.64. The number of amides is 2. The molecule has 0 aliphatic rings. The summed E-state index contributed by atoms with van der Waals surface area (Å²) in [5, 5.41) is 15.8. The number of hydrogen-bond acceptors (Lipinski definition) is 4. The third-order valence-electron chi connectivity index (χ3n) is 8.37. The predicted octanol–water partition coefficient (Wildman–Crippen LogP) is 9.60. The molecule has 0 radical (unpaired) electrons. The molecule has 2 amide bonds. The smallest absolute Gasteiger partial charge is 0.276 e. The lowest BCUT2D eigenvalue weighted by atomic mass is 9.92. The number of aromatic nitrogens is 4. The first-order valence-corrected chi connectivity index (χ1v) is 17.7. The predicted molar refractivity (Wildman–Crippen MR) is 212 cm³/mol. The van der Waals surface area contributed by atoms with Gasteiger partial charge in [-0.15, -0.1) is 0 Å². The zero-order valence-electron chi connectivity index (χ0n) is 29.9. The highest BCUT2D eigenvalue weighted by Crippen LogP contribution is 2.26. The van der Waals surface area contributed by atoms with Crippen LogP contribution in [0.1, 0.15) is 58.6 Å². The minimum Gasteiger partial charge on any atom is -0.347 e. The Bertz CT molecular complexity index is 2240. The Morgan fingerprint density at radius 3 is 1.83 bits per heavy atom. The molecule has 0 unspecified atom stereocenters. The molecule has 8 nitrogen and oxygen atoms in total. The highest BCUT2D eigenvalue weighted by Gasteiger charge is 2.23. The maximum atomic E-state index is 12.8. The van der Waals surface area contributed by atoms with Crippen LogP contribution >= 0.6 is 11.6 Å². The molecule has 266 valence electrons. The van der Waals surface area contributed by atoms with Crippen LogP contribution in [0.25, 0.3) is 16.9 Å². The van der Waals surface area contributed by atoms with Crippen molar-refractivity contribution in [3.63, 3.8) is 0 Å². The van der Waals surface area contributed by atoms with Gasteiger partial charge < -0.3 is 10.6 Å². The summed E-state index contributed by atoms with van der Waals surface area (Å²) in [5.74, 6) is -0.362. The van der Waals surface area contributed by atoms with Crippen molar-refractivity contribution in [1.29, 1.82) is 0 Å². The van der Waals surface area contributed by atoms with E-state index < -0.39 is 0 Å². The third kappa shape index (κ3) is 9.75. The molecule has 0 atom stereocenters. The van der Waals surface area contributed by atoms with Gasteiger partial charge in [0, 0.05) is 28.2 Å². The minimum atomic E-state index is -0.258. The Balaban J connectivity index is 0.000000182. The standard InChI is InChI=1S/C22H16ClN3O.C22H25N3O/c23-17-11-13-19(14-12-17)26-21(16-7-3-1-4-8-16)15-20(25-26)22(27)24-18-9-5-2-6-10-18;1-22(2,3)20-14-19(21(26)23-15-17-10-6-4-7-11-17)25(24-20)16-18-12-8-5-9-13-18/h1-15H,(H,24,27);4-14H,15-16H2,1-3H3,(H,23,26). The fourth-order valence-electron chi connectivity index (χ4n) is 5.51. The van der Waals surface area contributed by atoms with E-state index in [-0.39, 0.29) is 17.2 Å². The van der Waals surface area contributed by atoms with E-state index in [1.807, 2.05) is 140 Å². The molecule has 5 aromatic carbocycles. The molecular formula is C44H41ClN6O2. The number of halogens is 1. The van der Waals surface area contributed by atoms with Crippen LogP contribution in [0.15, 0.2) is 158 Å². The number of carbonyl (C=O) groups excluding carboxylic acids is 2. The summed E-state index contributed by atoms with van der Waals surface area (Å²) in [6.07, 6.45) is 0. The van der Waals surface area contributed by atoms with Gasteiger partial charge in [-0.25, -0.2) is 4.68 Å². The second kappa shape index (κ2) is 16.8. The number of nitrogens with one attached hydrogen (secondary N) is 2. The second-order valence-corrected chi connectivity index (χ2v) is 13.9. The number of anilines is 1. The molecular weight excluding hydrogens is 680 g/mol. The lowest BCUT2D eigenvalue weighted by Crippen LogP contribution is -2.26. The van der Waals surface area contributed by atoms with Crippen molar-refractivity contribution in [3.05, 3.63) is 191 Å². The molecule has 2 N–H and O–H groups in total. The summed E-state index contributed by atoms with van der Waals surface area (Å²) >= 11 is 6.01. The van der Waals surface area contributed by atoms with Gasteiger partial charge in [-0.3, -0.25) is 14.3 Å². The van der Waals surface area contributed by atoms with Gasteiger partial charge in [0.2, 0.25) is 0 Å². The first-order valence-electron chi connectivity index (χ1n) is 17.4. The second-order valence-electron chi connectivity index (χ2n) is 13.5. The molecule has 9 heteroatoms. The first-order chi connectivity index (χ1) is 25.6. The molecule has 7 rings (SSSR count). The average Bonchev–Trinajstić information content (AvgIpc) is 3.82. The van der Waals surface area contributed by atoms with E-state index in [0.717, 1.165) is 39.5 Å². The Labute approximate surface area is 315 Å². The molecule has 0 spiro atoms. The van der Waals surface area contributed by atoms with Crippen LogP contribution in [-0.2, 0) is 18.5 Å². The van der Waals surface area contributed by atoms with Gasteiger partial charge in [0.25, 0.3) is 11.8 Å². The molecule has 0 bridgehead atoms. The number of hydrogen-bond donors (Lipinski definition) is 2. The average molecular weight is 721 g/mol. The Hall–Kier alpha value is -6.25. The van der Waals surface area contributed by atoms with Gasteiger partial charge in [-0.05, 0) is 59.7 Å². The topological polar surface area (TPSA) is 93.8 Å². The summed E-state index contributed by atoms with van der Waals surface area (Å²) in [5.41, 5.74) is 7.28. The van der Waals surface area contributed by atoms with Gasteiger partial charge in [0.1, 0.15) is 5.69 Å². The number of para-hydroxylation sites is 1. The zero-order valence-corrected chi connectivity index (χ0v) is 30.7. The molecule has 0 aliphatic carbocycles. The summed E-state index contributed by atoms with van der Waals surface area (Å²) in [4.78, 5) is 25.5. The van der Waals surface area contributed by atoms with E-state index in [1.54, 1.807) is 27.6 Å². The SMILES string of the molecule is CC(C)(C)c1cc(C(=O)NCc2ccccc2)n(Cc2ccccc2)n1.O=C(Nc1ccccc1)c1cc(-c2ccccc2)n(-c2ccc(Cl)cc2)n1. The van der Waals surface area contributed by atoms with Crippen molar-refractivity contribution in [1.82, 2.24) is 24.9 Å². The molecule has 0 aliphatic heterocycles. The normalized spacial score (nSPS) is 10.9. The summed E-state index contributed by atoms with van der Waals surface area (Å²) in [6, 6.07) is 50.2. The zero-order chi connectivity index (χ0) is 37.2. The Morgan fingerprint density at radius 2 is 1.23 bits per heavy atom. The largest absolute Gasteiger partial charge is 0.347 e. The van der Waals surface area contributed by atoms with Crippen molar-refractivity contribution in [2.75, 3.05) is 5.32 Å². The van der Waals surface area contributed by atoms with Crippen LogP contribution in [0.3, 0.4) is 0 Å². The lowest BCUT2D eigenvalue weighted by Gasteiger charge is -2.14. The molecule has 53 heavy (non-hydrogen) atoms. The van der Waals surface area contributed by atoms with Crippen molar-refractivity contribution < 1.29 is 9.59 Å².